The van der Waals surface area contributed by atoms with E-state index in [1.54, 1.807) is 0 Å². The molecule has 3 atom stereocenters. The first kappa shape index (κ1) is 12.6. The van der Waals surface area contributed by atoms with Crippen LogP contribution in [0.25, 0.3) is 0 Å². The Bertz CT molecular complexity index is 254. The van der Waals surface area contributed by atoms with E-state index >= 15 is 0 Å². The van der Waals surface area contributed by atoms with Gasteiger partial charge in [0.05, 0.1) is 18.2 Å². The number of amides is 2. The molecule has 0 radical (unpaired) electrons. The minimum absolute atomic E-state index is 0.0896. The summed E-state index contributed by atoms with van der Waals surface area (Å²) in [6.07, 6.45) is 5.66. The summed E-state index contributed by atoms with van der Waals surface area (Å²) in [5.41, 5.74) is 0. The number of carbonyl (C=O) groups excluding carboxylic acids is 1. The van der Waals surface area contributed by atoms with Crippen LogP contribution >= 0.6 is 0 Å². The van der Waals surface area contributed by atoms with E-state index in [0.717, 1.165) is 45.1 Å². The lowest BCUT2D eigenvalue weighted by Gasteiger charge is -2.28. The van der Waals surface area contributed by atoms with Crippen molar-refractivity contribution in [2.75, 3.05) is 13.2 Å². The van der Waals surface area contributed by atoms with Crippen LogP contribution < -0.4 is 10.6 Å². The average molecular weight is 242 g/mol. The highest BCUT2D eigenvalue weighted by atomic mass is 16.5. The third-order valence-corrected chi connectivity index (χ3v) is 3.56. The van der Waals surface area contributed by atoms with Gasteiger partial charge in [-0.3, -0.25) is 0 Å². The molecule has 0 spiro atoms. The Labute approximate surface area is 102 Å². The van der Waals surface area contributed by atoms with Gasteiger partial charge in [0, 0.05) is 13.2 Å². The van der Waals surface area contributed by atoms with E-state index in [0.29, 0.717) is 6.54 Å². The molecule has 5 heteroatoms. The zero-order valence-electron chi connectivity index (χ0n) is 10.2. The van der Waals surface area contributed by atoms with E-state index in [1.807, 2.05) is 0 Å². The van der Waals surface area contributed by atoms with Gasteiger partial charge in [-0.1, -0.05) is 12.8 Å². The normalized spacial score (nSPS) is 33.4. The van der Waals surface area contributed by atoms with Crippen LogP contribution in [0.2, 0.25) is 0 Å². The van der Waals surface area contributed by atoms with Crippen LogP contribution in [0.3, 0.4) is 0 Å². The van der Waals surface area contributed by atoms with Gasteiger partial charge in [0.15, 0.2) is 0 Å². The first-order chi connectivity index (χ1) is 8.25. The second kappa shape index (κ2) is 6.21. The second-order valence-electron chi connectivity index (χ2n) is 4.95. The van der Waals surface area contributed by atoms with Crippen molar-refractivity contribution in [2.24, 2.45) is 0 Å². The number of aliphatic hydroxyl groups is 1. The van der Waals surface area contributed by atoms with E-state index < -0.39 is 6.10 Å². The summed E-state index contributed by atoms with van der Waals surface area (Å²) >= 11 is 0. The van der Waals surface area contributed by atoms with Crippen molar-refractivity contribution in [1.82, 2.24) is 10.6 Å². The van der Waals surface area contributed by atoms with Gasteiger partial charge in [-0.25, -0.2) is 4.79 Å². The van der Waals surface area contributed by atoms with Crippen LogP contribution in [0.15, 0.2) is 0 Å². The van der Waals surface area contributed by atoms with Crippen molar-refractivity contribution in [3.63, 3.8) is 0 Å². The van der Waals surface area contributed by atoms with Crippen LogP contribution in [0, 0.1) is 0 Å². The Morgan fingerprint density at radius 1 is 1.24 bits per heavy atom. The van der Waals surface area contributed by atoms with E-state index in [2.05, 4.69) is 10.6 Å². The van der Waals surface area contributed by atoms with Gasteiger partial charge in [-0.05, 0) is 25.7 Å². The van der Waals surface area contributed by atoms with Crippen molar-refractivity contribution in [3.05, 3.63) is 0 Å². The summed E-state index contributed by atoms with van der Waals surface area (Å²) in [6, 6.07) is -0.278. The molecule has 3 unspecified atom stereocenters. The Morgan fingerprint density at radius 3 is 2.76 bits per heavy atom. The van der Waals surface area contributed by atoms with E-state index in [-0.39, 0.29) is 18.2 Å². The summed E-state index contributed by atoms with van der Waals surface area (Å²) in [5, 5.41) is 15.4. The Hall–Kier alpha value is -0.810. The predicted octanol–water partition coefficient (Wildman–Crippen LogP) is 0.768. The van der Waals surface area contributed by atoms with Gasteiger partial charge in [0.25, 0.3) is 0 Å². The minimum Gasteiger partial charge on any atom is -0.391 e. The largest absolute Gasteiger partial charge is 0.391 e. The quantitative estimate of drug-likeness (QED) is 0.684. The molecule has 0 bridgehead atoms. The molecule has 1 aliphatic carbocycles. The third kappa shape index (κ3) is 3.85. The Kier molecular flexibility index (Phi) is 4.62. The van der Waals surface area contributed by atoms with Crippen LogP contribution in [0.5, 0.6) is 0 Å². The van der Waals surface area contributed by atoms with Gasteiger partial charge in [-0.2, -0.15) is 0 Å². The van der Waals surface area contributed by atoms with Crippen LogP contribution in [-0.4, -0.2) is 42.5 Å². The SMILES string of the molecule is O=C(NCC1CCCO1)NC1CCCCC1O. The molecule has 2 fully saturated rings. The molecule has 17 heavy (non-hydrogen) atoms. The molecule has 1 saturated heterocycles. The monoisotopic (exact) mass is 242 g/mol. The molecule has 1 saturated carbocycles. The van der Waals surface area contributed by atoms with Crippen molar-refractivity contribution in [3.8, 4) is 0 Å². The lowest BCUT2D eigenvalue weighted by molar-refractivity contribution is 0.0919. The van der Waals surface area contributed by atoms with Gasteiger partial charge in [0.1, 0.15) is 0 Å². The van der Waals surface area contributed by atoms with Crippen LogP contribution in [-0.2, 0) is 4.74 Å². The first-order valence-electron chi connectivity index (χ1n) is 6.60. The highest BCUT2D eigenvalue weighted by Gasteiger charge is 2.24. The maximum Gasteiger partial charge on any atom is 0.315 e. The van der Waals surface area contributed by atoms with Gasteiger partial charge < -0.3 is 20.5 Å². The van der Waals surface area contributed by atoms with Crippen molar-refractivity contribution in [1.29, 1.82) is 0 Å². The minimum atomic E-state index is -0.391. The summed E-state index contributed by atoms with van der Waals surface area (Å²) in [5.74, 6) is 0. The summed E-state index contributed by atoms with van der Waals surface area (Å²) in [4.78, 5) is 11.6. The number of ether oxygens (including phenoxy) is 1. The predicted molar refractivity (Wildman–Crippen MR) is 63.8 cm³/mol. The maximum atomic E-state index is 11.6. The molecular formula is C12H22N2O3. The van der Waals surface area contributed by atoms with Crippen LogP contribution in [0.1, 0.15) is 38.5 Å². The lowest BCUT2D eigenvalue weighted by Crippen LogP contribution is -2.50. The van der Waals surface area contributed by atoms with Crippen molar-refractivity contribution < 1.29 is 14.6 Å². The molecule has 98 valence electrons. The Balaban J connectivity index is 1.65. The fourth-order valence-corrected chi connectivity index (χ4v) is 2.51. The maximum absolute atomic E-state index is 11.6. The number of hydrogen-bond donors (Lipinski definition) is 3. The van der Waals surface area contributed by atoms with E-state index in [1.165, 1.54) is 0 Å². The zero-order chi connectivity index (χ0) is 12.1. The zero-order valence-corrected chi connectivity index (χ0v) is 10.2. The topological polar surface area (TPSA) is 70.6 Å². The van der Waals surface area contributed by atoms with Crippen LogP contribution in [0.4, 0.5) is 4.79 Å². The molecule has 2 rings (SSSR count). The lowest BCUT2D eigenvalue weighted by atomic mass is 9.93. The number of rotatable bonds is 3. The standard InChI is InChI=1S/C12H22N2O3/c15-11-6-2-1-5-10(11)14-12(16)13-8-9-4-3-7-17-9/h9-11,15H,1-8H2,(H2,13,14,16). The molecule has 0 aromatic rings. The highest BCUT2D eigenvalue weighted by Crippen LogP contribution is 2.18. The smallest absolute Gasteiger partial charge is 0.315 e. The number of aliphatic hydroxyl groups excluding tert-OH is 1. The number of carbonyl (C=O) groups is 1. The van der Waals surface area contributed by atoms with Crippen molar-refractivity contribution in [2.45, 2.75) is 56.8 Å². The molecule has 1 aliphatic heterocycles. The molecular weight excluding hydrogens is 220 g/mol. The van der Waals surface area contributed by atoms with Gasteiger partial charge in [0.2, 0.25) is 0 Å². The van der Waals surface area contributed by atoms with Crippen molar-refractivity contribution >= 4 is 6.03 Å². The highest BCUT2D eigenvalue weighted by molar-refractivity contribution is 5.74. The third-order valence-electron chi connectivity index (χ3n) is 3.56. The van der Waals surface area contributed by atoms with Gasteiger partial charge >= 0.3 is 6.03 Å². The van der Waals surface area contributed by atoms with E-state index in [4.69, 9.17) is 4.74 Å². The molecule has 5 nitrogen and oxygen atoms in total. The number of hydrogen-bond acceptors (Lipinski definition) is 3. The first-order valence-corrected chi connectivity index (χ1v) is 6.60. The summed E-state index contributed by atoms with van der Waals surface area (Å²) in [6.45, 7) is 1.37. The molecule has 3 N–H and O–H groups in total. The summed E-state index contributed by atoms with van der Waals surface area (Å²) < 4.78 is 5.42. The fourth-order valence-electron chi connectivity index (χ4n) is 2.51. The van der Waals surface area contributed by atoms with E-state index in [9.17, 15) is 9.90 Å². The average Bonchev–Trinajstić information content (AvgIpc) is 2.82. The Morgan fingerprint density at radius 2 is 2.06 bits per heavy atom. The molecule has 0 aromatic carbocycles. The fraction of sp³-hybridized carbons (Fsp3) is 0.917. The molecule has 2 aliphatic rings. The number of urea groups is 1. The second-order valence-corrected chi connectivity index (χ2v) is 4.95. The molecule has 0 aromatic heterocycles. The summed E-state index contributed by atoms with van der Waals surface area (Å²) in [7, 11) is 0. The van der Waals surface area contributed by atoms with Gasteiger partial charge in [-0.15, -0.1) is 0 Å². The number of nitrogens with one attached hydrogen (secondary N) is 2. The molecule has 1 heterocycles. The molecule has 2 amide bonds.